The molecule has 7 atom stereocenters. The van der Waals surface area contributed by atoms with Crippen molar-refractivity contribution in [1.29, 1.82) is 0 Å². The van der Waals surface area contributed by atoms with E-state index in [9.17, 15) is 38.4 Å². The molecule has 1 aromatic rings. The number of hydrogen-bond acceptors (Lipinski definition) is 11. The van der Waals surface area contributed by atoms with Crippen molar-refractivity contribution < 1.29 is 65.8 Å². The van der Waals surface area contributed by atoms with Gasteiger partial charge in [-0.2, -0.15) is 8.62 Å². The molecule has 3 unspecified atom stereocenters. The number of phosphoric ester groups is 1. The first-order valence-electron chi connectivity index (χ1n) is 8.14. The second-order valence-corrected chi connectivity index (χ2v) is 11.0. The largest absolute Gasteiger partial charge is 0.490 e. The number of alkyl halides is 1. The Kier molecular flexibility index (Phi) is 6.09. The lowest BCUT2D eigenvalue weighted by Crippen LogP contribution is -2.52. The Hall–Kier alpha value is -1.58. The predicted molar refractivity (Wildman–Crippen MR) is 97.6 cm³/mol. The van der Waals surface area contributed by atoms with E-state index in [4.69, 9.17) is 19.4 Å². The van der Waals surface area contributed by atoms with Crippen LogP contribution in [0.2, 0.25) is 0 Å². The summed E-state index contributed by atoms with van der Waals surface area (Å²) in [6.07, 6.45) is -3.48. The van der Waals surface area contributed by atoms with Crippen LogP contribution in [0.3, 0.4) is 0 Å². The Morgan fingerprint density at radius 1 is 1.18 bits per heavy atom. The van der Waals surface area contributed by atoms with Crippen LogP contribution < -0.4 is 11.2 Å². The van der Waals surface area contributed by atoms with E-state index in [1.807, 2.05) is 5.73 Å². The molecule has 0 amide bonds. The molecule has 21 heteroatoms. The van der Waals surface area contributed by atoms with E-state index in [0.29, 0.717) is 10.6 Å². The van der Waals surface area contributed by atoms with Gasteiger partial charge in [-0.3, -0.25) is 18.9 Å². The van der Waals surface area contributed by atoms with Crippen LogP contribution in [0.15, 0.2) is 40.2 Å². The number of phosphoric acid groups is 3. The summed E-state index contributed by atoms with van der Waals surface area (Å²) in [7, 11) is -17.6. The highest BCUT2D eigenvalue weighted by Crippen LogP contribution is 2.74. The van der Waals surface area contributed by atoms with Gasteiger partial charge in [-0.25, -0.2) is 22.9 Å². The number of aromatic amines is 1. The number of nitrogens with zero attached hydrogens (tertiary/aromatic N) is 1. The maximum Gasteiger partial charge on any atom is 0.490 e. The average molecular weight is 538 g/mol. The van der Waals surface area contributed by atoms with Gasteiger partial charge < -0.3 is 34.5 Å². The van der Waals surface area contributed by atoms with Crippen molar-refractivity contribution >= 4 is 23.5 Å². The molecule has 0 spiro atoms. The summed E-state index contributed by atoms with van der Waals surface area (Å²) in [5, 5.41) is 21.7. The van der Waals surface area contributed by atoms with Crippen molar-refractivity contribution in [3.8, 4) is 0 Å². The van der Waals surface area contributed by atoms with Gasteiger partial charge in [0.05, 0.1) is 0 Å². The van der Waals surface area contributed by atoms with Crippen LogP contribution in [0, 0.1) is 0 Å². The number of rotatable bonds is 8. The topological polar surface area (TPSA) is 264 Å². The van der Waals surface area contributed by atoms with E-state index in [0.717, 1.165) is 12.3 Å². The maximum absolute atomic E-state index is 15.3. The maximum atomic E-state index is 15.3. The van der Waals surface area contributed by atoms with E-state index >= 15 is 4.39 Å². The number of halogens is 1. The minimum atomic E-state index is -5.97. The van der Waals surface area contributed by atoms with Crippen molar-refractivity contribution in [3.05, 3.63) is 51.5 Å². The molecular formula is C12H14FN2O15P3. The van der Waals surface area contributed by atoms with E-state index in [-0.39, 0.29) is 0 Å². The van der Waals surface area contributed by atoms with E-state index < -0.39 is 64.1 Å². The summed E-state index contributed by atoms with van der Waals surface area (Å²) in [4.78, 5) is 60.8. The number of aromatic nitrogens is 2. The van der Waals surface area contributed by atoms with Crippen molar-refractivity contribution in [2.24, 2.45) is 0 Å². The molecule has 1 aromatic heterocycles. The molecule has 1 saturated carbocycles. The van der Waals surface area contributed by atoms with Crippen LogP contribution in [-0.4, -0.2) is 62.5 Å². The minimum absolute atomic E-state index is 0.447. The monoisotopic (exact) mass is 538 g/mol. The molecule has 0 radical (unpaired) electrons. The summed E-state index contributed by atoms with van der Waals surface area (Å²) in [6.45, 7) is 3.12. The van der Waals surface area contributed by atoms with Gasteiger partial charge in [0, 0.05) is 12.3 Å². The molecule has 0 aromatic carbocycles. The van der Waals surface area contributed by atoms with E-state index in [2.05, 4.69) is 19.7 Å². The number of aliphatic hydroxyl groups is 2. The average Bonchev–Trinajstić information content (AvgIpc) is 2.97. The predicted octanol–water partition coefficient (Wildman–Crippen LogP) is -1.74. The second-order valence-electron chi connectivity index (χ2n) is 6.65. The molecule has 2 heterocycles. The molecule has 33 heavy (non-hydrogen) atoms. The van der Waals surface area contributed by atoms with Crippen molar-refractivity contribution in [3.63, 3.8) is 0 Å². The molecule has 2 fully saturated rings. The molecule has 184 valence electrons. The Labute approximate surface area is 180 Å². The zero-order valence-corrected chi connectivity index (χ0v) is 18.3. The molecule has 3 rings (SSSR count). The Morgan fingerprint density at radius 3 is 2.30 bits per heavy atom. The van der Waals surface area contributed by atoms with Gasteiger partial charge >= 0.3 is 29.2 Å². The SMILES string of the molecule is C=C=C[C@]1(O)[C@H](n2ccc(=O)[nH]c2=O)O[C@]2(F)C(OP(=O)(O)OP(=O)(O)OP(=O)(O)O)[C@@]21O. The smallest absolute Gasteiger partial charge is 0.378 e. The fourth-order valence-corrected chi connectivity index (χ4v) is 6.45. The van der Waals surface area contributed by atoms with Crippen LogP contribution >= 0.6 is 23.5 Å². The molecule has 1 aliphatic carbocycles. The summed E-state index contributed by atoms with van der Waals surface area (Å²) in [5.74, 6) is -3.57. The normalized spacial score (nSPS) is 36.8. The van der Waals surface area contributed by atoms with Crippen molar-refractivity contribution in [2.45, 2.75) is 29.4 Å². The van der Waals surface area contributed by atoms with Crippen molar-refractivity contribution in [1.82, 2.24) is 9.55 Å². The zero-order valence-electron chi connectivity index (χ0n) is 15.6. The first kappa shape index (κ1) is 26.0. The standard InChI is InChI=1S/C12H14FN2O15P3/c1-2-4-10(18)8(15-5-3-6(16)14-9(15)17)27-12(13)7(11(10,12)19)28-32(23,24)30-33(25,26)29-31(20,21)22/h3-5,7-8,18-19H,1H2,(H,23,24)(H,25,26)(H,14,16,17)(H2,20,21,22)/t7?,8-,10+,11+,12-/m1/s1. The third-order valence-electron chi connectivity index (χ3n) is 4.50. The lowest BCUT2D eigenvalue weighted by atomic mass is 9.92. The fourth-order valence-electron chi connectivity index (χ4n) is 3.24. The summed E-state index contributed by atoms with van der Waals surface area (Å²) >= 11 is 0. The van der Waals surface area contributed by atoms with Crippen molar-refractivity contribution in [2.75, 3.05) is 0 Å². The molecule has 7 N–H and O–H groups in total. The summed E-state index contributed by atoms with van der Waals surface area (Å²) in [6, 6.07) is 0.783. The Morgan fingerprint density at radius 2 is 1.79 bits per heavy atom. The Bertz CT molecular complexity index is 1300. The lowest BCUT2D eigenvalue weighted by Gasteiger charge is -2.32. The van der Waals surface area contributed by atoms with Crippen LogP contribution in [0.1, 0.15) is 6.23 Å². The molecule has 17 nitrogen and oxygen atoms in total. The van der Waals surface area contributed by atoms with Gasteiger partial charge in [0.25, 0.3) is 11.4 Å². The molecule has 1 aliphatic heterocycles. The van der Waals surface area contributed by atoms with Gasteiger partial charge in [0.2, 0.25) is 0 Å². The quantitative estimate of drug-likeness (QED) is 0.143. The van der Waals surface area contributed by atoms with Gasteiger partial charge in [0.1, 0.15) is 0 Å². The van der Waals surface area contributed by atoms with E-state index in [1.54, 1.807) is 4.98 Å². The first-order valence-corrected chi connectivity index (χ1v) is 12.7. The van der Waals surface area contributed by atoms with Crippen LogP contribution in [0.4, 0.5) is 4.39 Å². The van der Waals surface area contributed by atoms with Crippen LogP contribution in [0.5, 0.6) is 0 Å². The highest BCUT2D eigenvalue weighted by molar-refractivity contribution is 7.66. The molecular weight excluding hydrogens is 524 g/mol. The third-order valence-corrected chi connectivity index (χ3v) is 8.31. The highest BCUT2D eigenvalue weighted by Gasteiger charge is 2.96. The first-order chi connectivity index (χ1) is 14.8. The summed E-state index contributed by atoms with van der Waals surface area (Å²) in [5.41, 5.74) is -6.40. The second kappa shape index (κ2) is 7.71. The van der Waals surface area contributed by atoms with Gasteiger partial charge in [-0.1, -0.05) is 6.58 Å². The number of hydrogen-bond donors (Lipinski definition) is 7. The Balaban J connectivity index is 1.94. The third kappa shape index (κ3) is 4.32. The van der Waals surface area contributed by atoms with Crippen LogP contribution in [0.25, 0.3) is 0 Å². The lowest BCUT2D eigenvalue weighted by molar-refractivity contribution is -0.171. The molecule has 1 saturated heterocycles. The fraction of sp³-hybridized carbons (Fsp3) is 0.417. The van der Waals surface area contributed by atoms with Crippen LogP contribution in [-0.2, 0) is 31.6 Å². The highest BCUT2D eigenvalue weighted by atomic mass is 31.3. The number of ether oxygens (including phenoxy) is 1. The van der Waals surface area contributed by atoms with Gasteiger partial charge in [0.15, 0.2) is 23.5 Å². The van der Waals surface area contributed by atoms with E-state index in [1.165, 1.54) is 0 Å². The minimum Gasteiger partial charge on any atom is -0.378 e. The number of fused-ring (bicyclic) bond motifs is 1. The molecule has 0 bridgehead atoms. The summed E-state index contributed by atoms with van der Waals surface area (Å²) < 4.78 is 65.9. The van der Waals surface area contributed by atoms with Gasteiger partial charge in [-0.05, 0) is 6.08 Å². The molecule has 2 aliphatic rings. The number of nitrogens with one attached hydrogen (secondary N) is 1. The van der Waals surface area contributed by atoms with Gasteiger partial charge in [-0.15, -0.1) is 5.73 Å². The zero-order chi connectivity index (χ0) is 25.3. The number of H-pyrrole nitrogens is 1.